The molecule has 2 heterocycles. The van der Waals surface area contributed by atoms with Gasteiger partial charge in [0.1, 0.15) is 12.7 Å². The van der Waals surface area contributed by atoms with Crippen molar-refractivity contribution >= 4 is 5.91 Å². The molecule has 28 heavy (non-hydrogen) atoms. The average Bonchev–Trinajstić information content (AvgIpc) is 2.86. The van der Waals surface area contributed by atoms with E-state index in [4.69, 9.17) is 9.47 Å². The molecule has 158 valence electrons. The van der Waals surface area contributed by atoms with Crippen LogP contribution in [-0.4, -0.2) is 69.7 Å². The van der Waals surface area contributed by atoms with Crippen LogP contribution in [0, 0.1) is 6.92 Å². The number of hydrogen-bond donors (Lipinski definition) is 4. The zero-order valence-corrected chi connectivity index (χ0v) is 14.3. The minimum absolute atomic E-state index is 0.0298. The van der Waals surface area contributed by atoms with Crippen molar-refractivity contribution in [2.45, 2.75) is 37.4 Å². The van der Waals surface area contributed by atoms with E-state index >= 15 is 0 Å². The molecule has 10 nitrogen and oxygen atoms in total. The highest BCUT2D eigenvalue weighted by Crippen LogP contribution is 2.39. The van der Waals surface area contributed by atoms with E-state index in [0.29, 0.717) is 4.57 Å². The third-order valence-corrected chi connectivity index (χ3v) is 3.98. The molecule has 0 saturated carbocycles. The SMILES string of the molecule is Cc1cn([C@@H]2O[C@@](CO)(OCCNC(=O)C(F)(F)F)[C@@H](O)[C@@H]2F)c(=O)[nH]c1=O. The Kier molecular flexibility index (Phi) is 6.27. The van der Waals surface area contributed by atoms with Crippen molar-refractivity contribution in [1.82, 2.24) is 14.9 Å². The summed E-state index contributed by atoms with van der Waals surface area (Å²) in [7, 11) is 0. The Hall–Kier alpha value is -2.29. The number of carbonyl (C=O) groups excluding carboxylic acids is 1. The number of aryl methyl sites for hydroxylation is 1. The van der Waals surface area contributed by atoms with Crippen LogP contribution in [0.5, 0.6) is 0 Å². The molecule has 0 radical (unpaired) electrons. The summed E-state index contributed by atoms with van der Waals surface area (Å²) in [6, 6.07) is 0. The van der Waals surface area contributed by atoms with Crippen molar-refractivity contribution in [3.63, 3.8) is 0 Å². The van der Waals surface area contributed by atoms with Gasteiger partial charge in [0, 0.05) is 18.3 Å². The minimum atomic E-state index is -5.11. The monoisotopic (exact) mass is 415 g/mol. The zero-order valence-electron chi connectivity index (χ0n) is 14.3. The molecule has 1 aromatic rings. The summed E-state index contributed by atoms with van der Waals surface area (Å²) in [6.07, 6.45) is -10.4. The minimum Gasteiger partial charge on any atom is -0.391 e. The Morgan fingerprint density at radius 2 is 2.11 bits per heavy atom. The van der Waals surface area contributed by atoms with Gasteiger partial charge >= 0.3 is 17.8 Å². The number of hydrogen-bond acceptors (Lipinski definition) is 7. The molecular weight excluding hydrogens is 398 g/mol. The van der Waals surface area contributed by atoms with Crippen LogP contribution in [0.4, 0.5) is 17.6 Å². The molecule has 0 spiro atoms. The smallest absolute Gasteiger partial charge is 0.391 e. The number of aromatic nitrogens is 2. The number of aromatic amines is 1. The van der Waals surface area contributed by atoms with E-state index in [-0.39, 0.29) is 5.56 Å². The van der Waals surface area contributed by atoms with E-state index < -0.39 is 67.4 Å². The van der Waals surface area contributed by atoms with Gasteiger partial charge in [0.15, 0.2) is 12.4 Å². The van der Waals surface area contributed by atoms with Crippen molar-refractivity contribution in [3.8, 4) is 0 Å². The lowest BCUT2D eigenvalue weighted by Crippen LogP contribution is -2.49. The fourth-order valence-corrected chi connectivity index (χ4v) is 2.51. The normalized spacial score (nSPS) is 27.8. The summed E-state index contributed by atoms with van der Waals surface area (Å²) in [5.41, 5.74) is -1.75. The second kappa shape index (κ2) is 7.98. The van der Waals surface area contributed by atoms with E-state index in [9.17, 15) is 42.2 Å². The highest BCUT2D eigenvalue weighted by atomic mass is 19.4. The Bertz CT molecular complexity index is 839. The highest BCUT2D eigenvalue weighted by Gasteiger charge is 2.57. The van der Waals surface area contributed by atoms with Gasteiger partial charge in [-0.15, -0.1) is 0 Å². The van der Waals surface area contributed by atoms with E-state index in [2.05, 4.69) is 0 Å². The first kappa shape index (κ1) is 22.0. The van der Waals surface area contributed by atoms with Gasteiger partial charge < -0.3 is 25.0 Å². The summed E-state index contributed by atoms with van der Waals surface area (Å²) in [4.78, 5) is 35.9. The van der Waals surface area contributed by atoms with Crippen LogP contribution >= 0.6 is 0 Å². The molecule has 1 aliphatic heterocycles. The second-order valence-corrected chi connectivity index (χ2v) is 5.95. The van der Waals surface area contributed by atoms with E-state index in [0.717, 1.165) is 6.20 Å². The van der Waals surface area contributed by atoms with Crippen LogP contribution in [0.25, 0.3) is 0 Å². The number of rotatable bonds is 6. The number of ether oxygens (including phenoxy) is 2. The Balaban J connectivity index is 2.14. The molecular formula is C14H17F4N3O7. The Labute approximate surface area is 153 Å². The lowest BCUT2D eigenvalue weighted by Gasteiger charge is -2.29. The van der Waals surface area contributed by atoms with E-state index in [1.807, 2.05) is 4.98 Å². The molecule has 1 amide bonds. The molecule has 0 bridgehead atoms. The zero-order chi connectivity index (χ0) is 21.3. The van der Waals surface area contributed by atoms with Crippen LogP contribution in [0.3, 0.4) is 0 Å². The molecule has 2 rings (SSSR count). The summed E-state index contributed by atoms with van der Waals surface area (Å²) >= 11 is 0. The lowest BCUT2D eigenvalue weighted by atomic mass is 10.1. The first-order valence-electron chi connectivity index (χ1n) is 7.85. The van der Waals surface area contributed by atoms with Gasteiger partial charge in [-0.05, 0) is 6.92 Å². The summed E-state index contributed by atoms with van der Waals surface area (Å²) < 4.78 is 61.6. The van der Waals surface area contributed by atoms with Crippen molar-refractivity contribution < 1.29 is 42.0 Å². The second-order valence-electron chi connectivity index (χ2n) is 5.95. The standard InChI is InChI=1S/C14H17F4N3O7/c1-6-4-21(12(26)20-9(6)24)10-7(15)8(23)13(5-22,28-10)27-3-2-19-11(25)14(16,17)18/h4,7-8,10,22-23H,2-3,5H2,1H3,(H,19,25)(H,20,24,26)/t7-,8-,10+,13+/m0/s1. The molecule has 0 aromatic carbocycles. The lowest BCUT2D eigenvalue weighted by molar-refractivity contribution is -0.281. The average molecular weight is 415 g/mol. The van der Waals surface area contributed by atoms with Gasteiger partial charge in [0.25, 0.3) is 5.56 Å². The molecule has 1 saturated heterocycles. The van der Waals surface area contributed by atoms with Gasteiger partial charge in [0.2, 0.25) is 5.79 Å². The van der Waals surface area contributed by atoms with Gasteiger partial charge in [-0.1, -0.05) is 0 Å². The number of nitrogens with zero attached hydrogens (tertiary/aromatic N) is 1. The molecule has 14 heteroatoms. The summed E-state index contributed by atoms with van der Waals surface area (Å²) in [5, 5.41) is 21.0. The topological polar surface area (TPSA) is 143 Å². The van der Waals surface area contributed by atoms with Gasteiger partial charge in [-0.2, -0.15) is 13.2 Å². The molecule has 4 atom stereocenters. The Morgan fingerprint density at radius 3 is 2.68 bits per heavy atom. The van der Waals surface area contributed by atoms with Crippen LogP contribution < -0.4 is 16.6 Å². The third-order valence-electron chi connectivity index (χ3n) is 3.98. The number of H-pyrrole nitrogens is 1. The Morgan fingerprint density at radius 1 is 1.46 bits per heavy atom. The third kappa shape index (κ3) is 4.24. The van der Waals surface area contributed by atoms with E-state index in [1.54, 1.807) is 0 Å². The van der Waals surface area contributed by atoms with Crippen LogP contribution in [0.15, 0.2) is 15.8 Å². The molecule has 1 aromatic heterocycles. The number of aliphatic hydroxyl groups is 2. The van der Waals surface area contributed by atoms with Crippen molar-refractivity contribution in [2.24, 2.45) is 0 Å². The quantitative estimate of drug-likeness (QED) is 0.326. The number of nitrogens with one attached hydrogen (secondary N) is 2. The molecule has 0 aliphatic carbocycles. The fourth-order valence-electron chi connectivity index (χ4n) is 2.51. The fraction of sp³-hybridized carbons (Fsp3) is 0.643. The first-order valence-corrected chi connectivity index (χ1v) is 7.85. The van der Waals surface area contributed by atoms with Crippen LogP contribution in [0.1, 0.15) is 11.8 Å². The number of amides is 1. The number of aliphatic hydroxyl groups excluding tert-OH is 2. The van der Waals surface area contributed by atoms with Crippen molar-refractivity contribution in [1.29, 1.82) is 0 Å². The van der Waals surface area contributed by atoms with Crippen molar-refractivity contribution in [3.05, 3.63) is 32.6 Å². The largest absolute Gasteiger partial charge is 0.471 e. The van der Waals surface area contributed by atoms with Crippen LogP contribution in [0.2, 0.25) is 0 Å². The number of alkyl halides is 4. The molecule has 1 fully saturated rings. The maximum Gasteiger partial charge on any atom is 0.471 e. The maximum atomic E-state index is 14.5. The first-order chi connectivity index (χ1) is 12.9. The number of carbonyl (C=O) groups is 1. The predicted molar refractivity (Wildman–Crippen MR) is 81.9 cm³/mol. The molecule has 4 N–H and O–H groups in total. The van der Waals surface area contributed by atoms with Gasteiger partial charge in [-0.25, -0.2) is 9.18 Å². The van der Waals surface area contributed by atoms with Crippen molar-refractivity contribution in [2.75, 3.05) is 19.8 Å². The highest BCUT2D eigenvalue weighted by molar-refractivity contribution is 5.81. The van der Waals surface area contributed by atoms with Gasteiger partial charge in [-0.3, -0.25) is 19.1 Å². The predicted octanol–water partition coefficient (Wildman–Crippen LogP) is -1.54. The summed E-state index contributed by atoms with van der Waals surface area (Å²) in [5.74, 6) is -4.64. The maximum absolute atomic E-state index is 14.5. The van der Waals surface area contributed by atoms with E-state index in [1.165, 1.54) is 12.2 Å². The molecule has 0 unspecified atom stereocenters. The number of halogens is 4. The van der Waals surface area contributed by atoms with Crippen LogP contribution in [-0.2, 0) is 14.3 Å². The molecule has 1 aliphatic rings. The van der Waals surface area contributed by atoms with Gasteiger partial charge in [0.05, 0.1) is 6.61 Å². The summed E-state index contributed by atoms with van der Waals surface area (Å²) in [6.45, 7) is -1.16.